The molecule has 0 spiro atoms. The van der Waals surface area contributed by atoms with Crippen LogP contribution in [-0.2, 0) is 6.42 Å². The van der Waals surface area contributed by atoms with Crippen LogP contribution in [0.1, 0.15) is 45.6 Å². The minimum Gasteiger partial charge on any atom is -0.493 e. The maximum absolute atomic E-state index is 5.86. The highest BCUT2D eigenvalue weighted by Crippen LogP contribution is 2.18. The van der Waals surface area contributed by atoms with Gasteiger partial charge in [-0.3, -0.25) is 0 Å². The molecule has 1 atom stereocenters. The van der Waals surface area contributed by atoms with Crippen molar-refractivity contribution < 1.29 is 4.74 Å². The second-order valence-electron chi connectivity index (χ2n) is 4.81. The molecule has 102 valence electrons. The fourth-order valence-corrected chi connectivity index (χ4v) is 2.00. The first-order valence-corrected chi connectivity index (χ1v) is 7.22. The van der Waals surface area contributed by atoms with E-state index in [1.54, 1.807) is 0 Å². The predicted octanol–water partition coefficient (Wildman–Crippen LogP) is 3.80. The van der Waals surface area contributed by atoms with Crippen molar-refractivity contribution in [3.63, 3.8) is 0 Å². The zero-order chi connectivity index (χ0) is 13.2. The van der Waals surface area contributed by atoms with Gasteiger partial charge in [0.05, 0.1) is 6.61 Å². The zero-order valence-corrected chi connectivity index (χ0v) is 12.0. The molecule has 0 saturated carbocycles. The molecule has 1 aromatic rings. The van der Waals surface area contributed by atoms with E-state index in [1.807, 2.05) is 6.07 Å². The summed E-state index contributed by atoms with van der Waals surface area (Å²) >= 11 is 0. The van der Waals surface area contributed by atoms with Gasteiger partial charge in [0, 0.05) is 6.04 Å². The van der Waals surface area contributed by atoms with Crippen molar-refractivity contribution >= 4 is 0 Å². The van der Waals surface area contributed by atoms with Crippen LogP contribution in [0, 0.1) is 0 Å². The smallest absolute Gasteiger partial charge is 0.122 e. The first-order valence-electron chi connectivity index (χ1n) is 7.22. The second-order valence-corrected chi connectivity index (χ2v) is 4.81. The molecule has 18 heavy (non-hydrogen) atoms. The van der Waals surface area contributed by atoms with Gasteiger partial charge in [0.1, 0.15) is 5.75 Å². The summed E-state index contributed by atoms with van der Waals surface area (Å²) in [4.78, 5) is 0. The Hall–Kier alpha value is -1.02. The monoisotopic (exact) mass is 249 g/mol. The van der Waals surface area contributed by atoms with Gasteiger partial charge < -0.3 is 10.1 Å². The van der Waals surface area contributed by atoms with Crippen molar-refractivity contribution in [1.29, 1.82) is 0 Å². The summed E-state index contributed by atoms with van der Waals surface area (Å²) in [6.45, 7) is 8.54. The lowest BCUT2D eigenvalue weighted by Crippen LogP contribution is -2.26. The van der Waals surface area contributed by atoms with Gasteiger partial charge in [-0.15, -0.1) is 0 Å². The van der Waals surface area contributed by atoms with Gasteiger partial charge in [-0.2, -0.15) is 0 Å². The van der Waals surface area contributed by atoms with Crippen LogP contribution < -0.4 is 10.1 Å². The van der Waals surface area contributed by atoms with Gasteiger partial charge >= 0.3 is 0 Å². The molecule has 0 saturated heterocycles. The molecule has 1 unspecified atom stereocenters. The average molecular weight is 249 g/mol. The van der Waals surface area contributed by atoms with E-state index in [0.29, 0.717) is 6.04 Å². The highest BCUT2D eigenvalue weighted by molar-refractivity contribution is 5.33. The van der Waals surface area contributed by atoms with Crippen LogP contribution in [0.2, 0.25) is 0 Å². The number of nitrogens with one attached hydrogen (secondary N) is 1. The van der Waals surface area contributed by atoms with Crippen LogP contribution in [0.15, 0.2) is 24.3 Å². The molecular weight excluding hydrogens is 222 g/mol. The predicted molar refractivity (Wildman–Crippen MR) is 78.3 cm³/mol. The molecular formula is C16H27NO. The van der Waals surface area contributed by atoms with Crippen LogP contribution in [0.4, 0.5) is 0 Å². The van der Waals surface area contributed by atoms with Crippen molar-refractivity contribution in [1.82, 2.24) is 5.32 Å². The second kappa shape index (κ2) is 8.98. The molecule has 1 aromatic carbocycles. The lowest BCUT2D eigenvalue weighted by molar-refractivity contribution is 0.295. The first kappa shape index (κ1) is 15.0. The zero-order valence-electron chi connectivity index (χ0n) is 12.0. The molecule has 0 aliphatic rings. The van der Waals surface area contributed by atoms with Gasteiger partial charge in [0.15, 0.2) is 0 Å². The molecule has 2 heteroatoms. The van der Waals surface area contributed by atoms with Crippen molar-refractivity contribution in [2.45, 2.75) is 52.5 Å². The molecule has 0 heterocycles. The van der Waals surface area contributed by atoms with E-state index < -0.39 is 0 Å². The summed E-state index contributed by atoms with van der Waals surface area (Å²) in [5, 5.41) is 3.50. The van der Waals surface area contributed by atoms with Gasteiger partial charge in [0.2, 0.25) is 0 Å². The van der Waals surface area contributed by atoms with Crippen LogP contribution in [-0.4, -0.2) is 19.2 Å². The van der Waals surface area contributed by atoms with E-state index in [1.165, 1.54) is 18.4 Å². The third kappa shape index (κ3) is 5.54. The Morgan fingerprint density at radius 3 is 2.72 bits per heavy atom. The Bertz CT molecular complexity index is 325. The van der Waals surface area contributed by atoms with E-state index >= 15 is 0 Å². The van der Waals surface area contributed by atoms with Crippen molar-refractivity contribution in [2.75, 3.05) is 13.2 Å². The first-order chi connectivity index (χ1) is 8.77. The largest absolute Gasteiger partial charge is 0.493 e. The summed E-state index contributed by atoms with van der Waals surface area (Å²) in [6.07, 6.45) is 4.51. The van der Waals surface area contributed by atoms with Crippen LogP contribution in [0.25, 0.3) is 0 Å². The fourth-order valence-electron chi connectivity index (χ4n) is 2.00. The molecule has 0 amide bonds. The molecule has 0 radical (unpaired) electrons. The van der Waals surface area contributed by atoms with E-state index in [0.717, 1.165) is 31.7 Å². The normalized spacial score (nSPS) is 12.4. The van der Waals surface area contributed by atoms with Crippen LogP contribution in [0.5, 0.6) is 5.75 Å². The highest BCUT2D eigenvalue weighted by atomic mass is 16.5. The molecule has 2 nitrogen and oxygen atoms in total. The summed E-state index contributed by atoms with van der Waals surface area (Å²) in [5.74, 6) is 1.05. The van der Waals surface area contributed by atoms with Gasteiger partial charge in [-0.1, -0.05) is 32.0 Å². The number of benzene rings is 1. The van der Waals surface area contributed by atoms with Gasteiger partial charge in [-0.25, -0.2) is 0 Å². The number of ether oxygens (including phenoxy) is 1. The quantitative estimate of drug-likeness (QED) is 0.672. The van der Waals surface area contributed by atoms with Gasteiger partial charge in [0.25, 0.3) is 0 Å². The maximum atomic E-state index is 5.86. The Balaban J connectivity index is 2.21. The average Bonchev–Trinajstić information content (AvgIpc) is 2.41. The summed E-state index contributed by atoms with van der Waals surface area (Å²) in [6, 6.07) is 8.91. The van der Waals surface area contributed by atoms with Crippen molar-refractivity contribution in [3.05, 3.63) is 29.8 Å². The van der Waals surface area contributed by atoms with E-state index in [9.17, 15) is 0 Å². The molecule has 1 rings (SSSR count). The van der Waals surface area contributed by atoms with Crippen molar-refractivity contribution in [3.8, 4) is 5.75 Å². The Morgan fingerprint density at radius 1 is 1.22 bits per heavy atom. The van der Waals surface area contributed by atoms with E-state index in [4.69, 9.17) is 4.74 Å². The summed E-state index contributed by atoms with van der Waals surface area (Å²) < 4.78 is 5.86. The topological polar surface area (TPSA) is 21.3 Å². The minimum atomic E-state index is 0.593. The lowest BCUT2D eigenvalue weighted by Gasteiger charge is -2.14. The Labute approximate surface area is 112 Å². The summed E-state index contributed by atoms with van der Waals surface area (Å²) in [5.41, 5.74) is 1.30. The highest BCUT2D eigenvalue weighted by Gasteiger charge is 2.02. The number of rotatable bonds is 9. The van der Waals surface area contributed by atoms with E-state index in [-0.39, 0.29) is 0 Å². The Kier molecular flexibility index (Phi) is 7.51. The fraction of sp³-hybridized carbons (Fsp3) is 0.625. The van der Waals surface area contributed by atoms with Gasteiger partial charge in [-0.05, 0) is 50.8 Å². The Morgan fingerprint density at radius 2 is 2.00 bits per heavy atom. The minimum absolute atomic E-state index is 0.593. The third-order valence-corrected chi connectivity index (χ3v) is 3.14. The molecule has 0 bridgehead atoms. The number of aryl methyl sites for hydroxylation is 1. The summed E-state index contributed by atoms with van der Waals surface area (Å²) in [7, 11) is 0. The number of hydrogen-bond donors (Lipinski definition) is 1. The van der Waals surface area contributed by atoms with Crippen LogP contribution in [0.3, 0.4) is 0 Å². The molecule has 0 fully saturated rings. The molecule has 0 aromatic heterocycles. The lowest BCUT2D eigenvalue weighted by atomic mass is 10.1. The van der Waals surface area contributed by atoms with E-state index in [2.05, 4.69) is 44.3 Å². The maximum Gasteiger partial charge on any atom is 0.122 e. The van der Waals surface area contributed by atoms with Crippen LogP contribution >= 0.6 is 0 Å². The molecule has 0 aliphatic carbocycles. The van der Waals surface area contributed by atoms with Crippen molar-refractivity contribution in [2.24, 2.45) is 0 Å². The third-order valence-electron chi connectivity index (χ3n) is 3.14. The SMILES string of the molecule is CCCNC(C)CCCOc1ccccc1CC. The number of para-hydroxylation sites is 1. The molecule has 0 aliphatic heterocycles. The standard InChI is InChI=1S/C16H27NO/c1-4-12-17-14(3)9-8-13-18-16-11-7-6-10-15(16)5-2/h6-7,10-11,14,17H,4-5,8-9,12-13H2,1-3H3. The number of hydrogen-bond acceptors (Lipinski definition) is 2. The molecule has 1 N–H and O–H groups in total.